The van der Waals surface area contributed by atoms with Gasteiger partial charge in [-0.1, -0.05) is 15.9 Å². The molecule has 0 aliphatic heterocycles. The molecule has 1 unspecified atom stereocenters. The minimum atomic E-state index is -0.637. The minimum absolute atomic E-state index is 0.0601. The predicted octanol–water partition coefficient (Wildman–Crippen LogP) is 3.56. The molecular formula is C11H9BrF2O. The van der Waals surface area contributed by atoms with Crippen molar-refractivity contribution in [1.82, 2.24) is 0 Å². The first kappa shape index (κ1) is 10.7. The predicted molar refractivity (Wildman–Crippen MR) is 55.7 cm³/mol. The number of rotatable bonds is 1. The highest BCUT2D eigenvalue weighted by Gasteiger charge is 2.30. The maximum absolute atomic E-state index is 13.5. The van der Waals surface area contributed by atoms with Crippen molar-refractivity contribution in [2.75, 3.05) is 0 Å². The summed E-state index contributed by atoms with van der Waals surface area (Å²) in [6, 6.07) is 2.40. The zero-order valence-electron chi connectivity index (χ0n) is 7.90. The molecule has 0 heterocycles. The minimum Gasteiger partial charge on any atom is -0.299 e. The average molecular weight is 275 g/mol. The van der Waals surface area contributed by atoms with Gasteiger partial charge in [0.25, 0.3) is 0 Å². The van der Waals surface area contributed by atoms with Crippen LogP contribution in [0.1, 0.15) is 30.7 Å². The van der Waals surface area contributed by atoms with Gasteiger partial charge >= 0.3 is 0 Å². The van der Waals surface area contributed by atoms with Crippen LogP contribution in [0.4, 0.5) is 8.78 Å². The largest absolute Gasteiger partial charge is 0.299 e. The summed E-state index contributed by atoms with van der Waals surface area (Å²) < 4.78 is 27.4. The van der Waals surface area contributed by atoms with Gasteiger partial charge in [0.1, 0.15) is 17.4 Å². The van der Waals surface area contributed by atoms with Crippen LogP contribution in [0, 0.1) is 11.6 Å². The van der Waals surface area contributed by atoms with Crippen LogP contribution in [0.3, 0.4) is 0 Å². The third-order valence-electron chi connectivity index (χ3n) is 2.70. The lowest BCUT2D eigenvalue weighted by molar-refractivity contribution is -0.118. The Kier molecular flexibility index (Phi) is 2.87. The van der Waals surface area contributed by atoms with E-state index in [1.807, 2.05) is 0 Å². The van der Waals surface area contributed by atoms with Gasteiger partial charge in [0.15, 0.2) is 0 Å². The summed E-state index contributed by atoms with van der Waals surface area (Å²) in [6.45, 7) is 0. The fourth-order valence-corrected chi connectivity index (χ4v) is 2.41. The van der Waals surface area contributed by atoms with E-state index < -0.39 is 17.6 Å². The van der Waals surface area contributed by atoms with Crippen molar-refractivity contribution in [1.29, 1.82) is 0 Å². The molecule has 0 aromatic heterocycles. The van der Waals surface area contributed by atoms with Crippen molar-refractivity contribution >= 4 is 21.7 Å². The Balaban J connectivity index is 2.47. The summed E-state index contributed by atoms with van der Waals surface area (Å²) in [5.74, 6) is -1.92. The van der Waals surface area contributed by atoms with Gasteiger partial charge in [0, 0.05) is 22.4 Å². The average Bonchev–Trinajstić information content (AvgIpc) is 2.50. The number of benzene rings is 1. The molecule has 1 atom stereocenters. The normalized spacial score (nSPS) is 21.0. The zero-order valence-corrected chi connectivity index (χ0v) is 9.48. The van der Waals surface area contributed by atoms with Crippen LogP contribution < -0.4 is 0 Å². The third-order valence-corrected chi connectivity index (χ3v) is 3.15. The fourth-order valence-electron chi connectivity index (χ4n) is 2.01. The molecule has 2 rings (SSSR count). The first-order valence-corrected chi connectivity index (χ1v) is 5.56. The van der Waals surface area contributed by atoms with Crippen molar-refractivity contribution in [2.45, 2.75) is 25.2 Å². The molecule has 15 heavy (non-hydrogen) atoms. The van der Waals surface area contributed by atoms with E-state index in [1.54, 1.807) is 0 Å². The highest BCUT2D eigenvalue weighted by Crippen LogP contribution is 2.35. The number of carbonyl (C=O) groups excluding carboxylic acids is 1. The highest BCUT2D eigenvalue weighted by atomic mass is 79.9. The van der Waals surface area contributed by atoms with Crippen LogP contribution >= 0.6 is 15.9 Å². The molecule has 1 fully saturated rings. The maximum Gasteiger partial charge on any atom is 0.140 e. The van der Waals surface area contributed by atoms with E-state index in [9.17, 15) is 13.6 Å². The van der Waals surface area contributed by atoms with Crippen molar-refractivity contribution in [3.05, 3.63) is 33.8 Å². The van der Waals surface area contributed by atoms with Gasteiger partial charge in [0.05, 0.1) is 0 Å². The monoisotopic (exact) mass is 274 g/mol. The molecule has 1 aliphatic carbocycles. The summed E-state index contributed by atoms with van der Waals surface area (Å²) in [5, 5.41) is 0. The van der Waals surface area contributed by atoms with Gasteiger partial charge in [-0.25, -0.2) is 8.78 Å². The zero-order chi connectivity index (χ0) is 11.0. The summed E-state index contributed by atoms with van der Waals surface area (Å²) >= 11 is 3.01. The number of hydrogen-bond donors (Lipinski definition) is 0. The van der Waals surface area contributed by atoms with E-state index in [1.165, 1.54) is 12.1 Å². The Hall–Kier alpha value is -0.770. The summed E-state index contributed by atoms with van der Waals surface area (Å²) in [5.41, 5.74) is -0.0688. The van der Waals surface area contributed by atoms with E-state index in [4.69, 9.17) is 0 Å². The van der Waals surface area contributed by atoms with Gasteiger partial charge in [-0.15, -0.1) is 0 Å². The lowest BCUT2D eigenvalue weighted by Crippen LogP contribution is -2.09. The van der Waals surface area contributed by atoms with Crippen molar-refractivity contribution < 1.29 is 13.6 Å². The second-order valence-electron chi connectivity index (χ2n) is 3.69. The quantitative estimate of drug-likeness (QED) is 0.765. The standard InChI is InChI=1S/C11H9BrF2O/c12-6-4-8(13)11(9(14)5-6)7-2-1-3-10(7)15/h4-5,7H,1-3H2. The Labute approximate surface area is 94.6 Å². The Morgan fingerprint density at radius 2 is 1.87 bits per heavy atom. The summed E-state index contributed by atoms with van der Waals surface area (Å²) in [7, 11) is 0. The molecule has 1 aromatic carbocycles. The lowest BCUT2D eigenvalue weighted by Gasteiger charge is -2.11. The number of hydrogen-bond acceptors (Lipinski definition) is 1. The number of halogens is 3. The number of ketones is 1. The molecule has 4 heteroatoms. The molecule has 0 bridgehead atoms. The van der Waals surface area contributed by atoms with Crippen LogP contribution in [0.5, 0.6) is 0 Å². The van der Waals surface area contributed by atoms with Crippen LogP contribution in [-0.2, 0) is 4.79 Å². The molecule has 0 amide bonds. The SMILES string of the molecule is O=C1CCCC1c1c(F)cc(Br)cc1F. The van der Waals surface area contributed by atoms with E-state index >= 15 is 0 Å². The second kappa shape index (κ2) is 4.00. The van der Waals surface area contributed by atoms with Crippen LogP contribution in [0.25, 0.3) is 0 Å². The first-order valence-electron chi connectivity index (χ1n) is 4.76. The van der Waals surface area contributed by atoms with Crippen LogP contribution in [0.2, 0.25) is 0 Å². The molecule has 1 nitrogen and oxygen atoms in total. The lowest BCUT2D eigenvalue weighted by atomic mass is 9.96. The molecular weight excluding hydrogens is 266 g/mol. The fraction of sp³-hybridized carbons (Fsp3) is 0.364. The van der Waals surface area contributed by atoms with Gasteiger partial charge < -0.3 is 0 Å². The van der Waals surface area contributed by atoms with Gasteiger partial charge in [-0.3, -0.25) is 4.79 Å². The number of Topliss-reactive ketones (excluding diaryl/α,β-unsaturated/α-hetero) is 1. The Bertz CT molecular complexity index is 394. The second-order valence-corrected chi connectivity index (χ2v) is 4.61. The van der Waals surface area contributed by atoms with Gasteiger partial charge in [-0.05, 0) is 25.0 Å². The van der Waals surface area contributed by atoms with Crippen molar-refractivity contribution in [3.63, 3.8) is 0 Å². The topological polar surface area (TPSA) is 17.1 Å². The number of carbonyl (C=O) groups is 1. The molecule has 0 spiro atoms. The van der Waals surface area contributed by atoms with E-state index in [0.717, 1.165) is 6.42 Å². The third kappa shape index (κ3) is 1.95. The summed E-state index contributed by atoms with van der Waals surface area (Å²) in [6.07, 6.45) is 1.70. The Morgan fingerprint density at radius 1 is 1.27 bits per heavy atom. The molecule has 1 aliphatic rings. The molecule has 0 radical (unpaired) electrons. The van der Waals surface area contributed by atoms with Crippen molar-refractivity contribution in [2.24, 2.45) is 0 Å². The smallest absolute Gasteiger partial charge is 0.140 e. The highest BCUT2D eigenvalue weighted by molar-refractivity contribution is 9.10. The van der Waals surface area contributed by atoms with Crippen LogP contribution in [0.15, 0.2) is 16.6 Å². The van der Waals surface area contributed by atoms with E-state index in [-0.39, 0.29) is 11.3 Å². The van der Waals surface area contributed by atoms with Gasteiger partial charge in [-0.2, -0.15) is 0 Å². The molecule has 0 N–H and O–H groups in total. The maximum atomic E-state index is 13.5. The van der Waals surface area contributed by atoms with E-state index in [2.05, 4.69) is 15.9 Å². The molecule has 80 valence electrons. The molecule has 0 saturated heterocycles. The first-order chi connectivity index (χ1) is 7.09. The van der Waals surface area contributed by atoms with E-state index in [0.29, 0.717) is 17.3 Å². The Morgan fingerprint density at radius 3 is 2.33 bits per heavy atom. The summed E-state index contributed by atoms with van der Waals surface area (Å²) in [4.78, 5) is 11.4. The molecule has 1 aromatic rings. The van der Waals surface area contributed by atoms with Crippen molar-refractivity contribution in [3.8, 4) is 0 Å². The van der Waals surface area contributed by atoms with Crippen LogP contribution in [-0.4, -0.2) is 5.78 Å². The van der Waals surface area contributed by atoms with Gasteiger partial charge in [0.2, 0.25) is 0 Å². The molecule has 1 saturated carbocycles.